The molecule has 3 atom stereocenters. The zero-order chi connectivity index (χ0) is 13.2. The molecule has 0 saturated heterocycles. The van der Waals surface area contributed by atoms with E-state index in [0.29, 0.717) is 17.7 Å². The van der Waals surface area contributed by atoms with Crippen molar-refractivity contribution in [1.82, 2.24) is 5.32 Å². The number of aromatic hydroxyl groups is 1. The number of aliphatic hydroxyl groups excluding tert-OH is 1. The van der Waals surface area contributed by atoms with Crippen molar-refractivity contribution in [2.24, 2.45) is 5.92 Å². The normalized spacial score (nSPS) is 30.3. The van der Waals surface area contributed by atoms with Gasteiger partial charge in [0.1, 0.15) is 5.75 Å². The van der Waals surface area contributed by atoms with Crippen LogP contribution in [0.3, 0.4) is 0 Å². The molecule has 0 heterocycles. The van der Waals surface area contributed by atoms with Gasteiger partial charge in [-0.1, -0.05) is 6.07 Å². The number of aliphatic hydroxyl groups is 1. The highest BCUT2D eigenvalue weighted by Crippen LogP contribution is 2.33. The Morgan fingerprint density at radius 2 is 2.11 bits per heavy atom. The first kappa shape index (κ1) is 12.9. The highest BCUT2D eigenvalue weighted by Gasteiger charge is 2.25. The van der Waals surface area contributed by atoms with Gasteiger partial charge < -0.3 is 15.5 Å². The molecule has 1 aromatic rings. The van der Waals surface area contributed by atoms with Crippen molar-refractivity contribution in [2.45, 2.75) is 50.7 Å². The summed E-state index contributed by atoms with van der Waals surface area (Å²) in [5.74, 6) is 0.974. The summed E-state index contributed by atoms with van der Waals surface area (Å²) >= 11 is 0. The fourth-order valence-electron chi connectivity index (χ4n) is 3.54. The topological polar surface area (TPSA) is 52.5 Å². The predicted octanol–water partition coefficient (Wildman–Crippen LogP) is 2.52. The summed E-state index contributed by atoms with van der Waals surface area (Å²) in [6.45, 7) is 0.983. The number of rotatable bonds is 3. The second-order valence-corrected chi connectivity index (χ2v) is 6.07. The minimum atomic E-state index is -0.0884. The van der Waals surface area contributed by atoms with E-state index in [1.807, 2.05) is 6.07 Å². The minimum Gasteiger partial charge on any atom is -0.508 e. The monoisotopic (exact) mass is 261 g/mol. The Bertz CT molecular complexity index is 446. The van der Waals surface area contributed by atoms with Crippen LogP contribution in [0.15, 0.2) is 18.2 Å². The van der Waals surface area contributed by atoms with E-state index in [4.69, 9.17) is 0 Å². The Labute approximate surface area is 114 Å². The summed E-state index contributed by atoms with van der Waals surface area (Å²) in [7, 11) is 0. The molecule has 0 radical (unpaired) electrons. The van der Waals surface area contributed by atoms with E-state index in [1.54, 1.807) is 6.07 Å². The number of hydrogen-bond acceptors (Lipinski definition) is 3. The molecule has 3 rings (SSSR count). The molecular formula is C16H23NO2. The molecule has 0 bridgehead atoms. The van der Waals surface area contributed by atoms with Crippen molar-refractivity contribution in [3.63, 3.8) is 0 Å². The van der Waals surface area contributed by atoms with Crippen LogP contribution in [0.4, 0.5) is 0 Å². The van der Waals surface area contributed by atoms with Crippen LogP contribution in [-0.4, -0.2) is 22.9 Å². The molecule has 3 nitrogen and oxygen atoms in total. The number of aryl methyl sites for hydroxylation is 1. The first-order valence-corrected chi connectivity index (χ1v) is 7.45. The van der Waals surface area contributed by atoms with Gasteiger partial charge >= 0.3 is 0 Å². The number of hydrogen-bond donors (Lipinski definition) is 3. The Hall–Kier alpha value is -1.06. The lowest BCUT2D eigenvalue weighted by Crippen LogP contribution is -2.29. The van der Waals surface area contributed by atoms with Gasteiger partial charge in [0.15, 0.2) is 0 Å². The molecular weight excluding hydrogens is 238 g/mol. The lowest BCUT2D eigenvalue weighted by Gasteiger charge is -2.27. The van der Waals surface area contributed by atoms with Gasteiger partial charge in [0.2, 0.25) is 0 Å². The molecule has 3 N–H and O–H groups in total. The van der Waals surface area contributed by atoms with Gasteiger partial charge in [0.25, 0.3) is 0 Å². The van der Waals surface area contributed by atoms with Gasteiger partial charge in [-0.2, -0.15) is 0 Å². The third-order valence-corrected chi connectivity index (χ3v) is 4.61. The van der Waals surface area contributed by atoms with Crippen LogP contribution in [0, 0.1) is 5.92 Å². The first-order valence-electron chi connectivity index (χ1n) is 7.45. The fraction of sp³-hybridized carbons (Fsp3) is 0.625. The van der Waals surface area contributed by atoms with Crippen LogP contribution in [0.25, 0.3) is 0 Å². The van der Waals surface area contributed by atoms with E-state index in [9.17, 15) is 10.2 Å². The summed E-state index contributed by atoms with van der Waals surface area (Å²) in [4.78, 5) is 0. The summed E-state index contributed by atoms with van der Waals surface area (Å²) in [6.07, 6.45) is 6.41. The largest absolute Gasteiger partial charge is 0.508 e. The van der Waals surface area contributed by atoms with Crippen molar-refractivity contribution in [3.8, 4) is 5.75 Å². The quantitative estimate of drug-likeness (QED) is 0.783. The summed E-state index contributed by atoms with van der Waals surface area (Å²) < 4.78 is 0. The molecule has 1 aromatic carbocycles. The van der Waals surface area contributed by atoms with Crippen LogP contribution in [0.2, 0.25) is 0 Å². The molecule has 104 valence electrons. The van der Waals surface area contributed by atoms with E-state index < -0.39 is 0 Å². The van der Waals surface area contributed by atoms with E-state index in [0.717, 1.165) is 38.6 Å². The highest BCUT2D eigenvalue weighted by atomic mass is 16.3. The Kier molecular flexibility index (Phi) is 3.76. The maximum absolute atomic E-state index is 9.66. The maximum atomic E-state index is 9.66. The molecule has 3 unspecified atom stereocenters. The van der Waals surface area contributed by atoms with E-state index in [2.05, 4.69) is 11.4 Å². The minimum absolute atomic E-state index is 0.0884. The SMILES string of the molecule is Oc1ccc2c(c1)C(NCC1CCC(O)C1)CCC2. The number of fused-ring (bicyclic) bond motifs is 1. The van der Waals surface area contributed by atoms with Crippen LogP contribution >= 0.6 is 0 Å². The fourth-order valence-corrected chi connectivity index (χ4v) is 3.54. The number of phenolic OH excluding ortho intramolecular Hbond substituents is 1. The standard InChI is InChI=1S/C16H23NO2/c18-13-6-4-11(8-13)10-17-16-3-1-2-12-5-7-14(19)9-15(12)16/h5,7,9,11,13,16-19H,1-4,6,8,10H2. The molecule has 2 aliphatic rings. The molecule has 1 saturated carbocycles. The van der Waals surface area contributed by atoms with Crippen LogP contribution < -0.4 is 5.32 Å². The lowest BCUT2D eigenvalue weighted by molar-refractivity contribution is 0.177. The third-order valence-electron chi connectivity index (χ3n) is 4.61. The third kappa shape index (κ3) is 2.93. The van der Waals surface area contributed by atoms with Crippen molar-refractivity contribution in [3.05, 3.63) is 29.3 Å². The van der Waals surface area contributed by atoms with Gasteiger partial charge in [0.05, 0.1) is 6.10 Å². The van der Waals surface area contributed by atoms with E-state index in [-0.39, 0.29) is 6.10 Å². The van der Waals surface area contributed by atoms with Crippen LogP contribution in [-0.2, 0) is 6.42 Å². The van der Waals surface area contributed by atoms with Crippen LogP contribution in [0.5, 0.6) is 5.75 Å². The van der Waals surface area contributed by atoms with Crippen LogP contribution in [0.1, 0.15) is 49.3 Å². The second kappa shape index (κ2) is 5.51. The molecule has 19 heavy (non-hydrogen) atoms. The van der Waals surface area contributed by atoms with Crippen molar-refractivity contribution < 1.29 is 10.2 Å². The molecule has 1 fully saturated rings. The molecule has 0 spiro atoms. The van der Waals surface area contributed by atoms with E-state index >= 15 is 0 Å². The average Bonchev–Trinajstić information content (AvgIpc) is 2.82. The van der Waals surface area contributed by atoms with Gasteiger partial charge in [-0.25, -0.2) is 0 Å². The van der Waals surface area contributed by atoms with Gasteiger partial charge in [-0.3, -0.25) is 0 Å². The smallest absolute Gasteiger partial charge is 0.115 e. The predicted molar refractivity (Wildman–Crippen MR) is 75.1 cm³/mol. The van der Waals surface area contributed by atoms with Crippen molar-refractivity contribution >= 4 is 0 Å². The number of benzene rings is 1. The highest BCUT2D eigenvalue weighted by molar-refractivity contribution is 5.38. The molecule has 0 aliphatic heterocycles. The van der Waals surface area contributed by atoms with Gasteiger partial charge in [0, 0.05) is 6.04 Å². The zero-order valence-electron chi connectivity index (χ0n) is 11.3. The molecule has 2 aliphatic carbocycles. The summed E-state index contributed by atoms with van der Waals surface area (Å²) in [6, 6.07) is 6.12. The van der Waals surface area contributed by atoms with Crippen molar-refractivity contribution in [2.75, 3.05) is 6.54 Å². The molecule has 3 heteroatoms. The zero-order valence-corrected chi connectivity index (χ0v) is 11.3. The summed E-state index contributed by atoms with van der Waals surface area (Å²) in [5.41, 5.74) is 2.64. The average molecular weight is 261 g/mol. The second-order valence-electron chi connectivity index (χ2n) is 6.07. The Morgan fingerprint density at radius 1 is 1.21 bits per heavy atom. The van der Waals surface area contributed by atoms with Crippen molar-refractivity contribution in [1.29, 1.82) is 0 Å². The number of phenols is 1. The number of nitrogens with one attached hydrogen (secondary N) is 1. The first-order chi connectivity index (χ1) is 9.22. The molecule has 0 aromatic heterocycles. The van der Waals surface area contributed by atoms with Gasteiger partial charge in [-0.05, 0) is 74.2 Å². The Morgan fingerprint density at radius 3 is 2.89 bits per heavy atom. The molecule has 0 amide bonds. The summed E-state index contributed by atoms with van der Waals surface area (Å²) in [5, 5.41) is 22.9. The Balaban J connectivity index is 1.64. The lowest BCUT2D eigenvalue weighted by atomic mass is 9.87. The maximum Gasteiger partial charge on any atom is 0.115 e. The van der Waals surface area contributed by atoms with E-state index in [1.165, 1.54) is 17.5 Å². The van der Waals surface area contributed by atoms with Gasteiger partial charge in [-0.15, -0.1) is 0 Å².